The van der Waals surface area contributed by atoms with E-state index in [1.165, 1.54) is 16.8 Å². The second kappa shape index (κ2) is 7.10. The average Bonchev–Trinajstić information content (AvgIpc) is 2.95. The van der Waals surface area contributed by atoms with E-state index in [4.69, 9.17) is 23.2 Å². The van der Waals surface area contributed by atoms with Gasteiger partial charge in [0, 0.05) is 40.3 Å². The predicted molar refractivity (Wildman–Crippen MR) is 107 cm³/mol. The maximum Gasteiger partial charge on any atom is 0.144 e. The van der Waals surface area contributed by atoms with Crippen LogP contribution in [0, 0.1) is 6.92 Å². The normalized spacial score (nSPS) is 11.2. The number of hydrogen-bond acceptors (Lipinski definition) is 2. The molecule has 0 radical (unpaired) electrons. The molecule has 0 aliphatic rings. The number of aryl methyl sites for hydroxylation is 1. The molecule has 0 aliphatic heterocycles. The van der Waals surface area contributed by atoms with Crippen LogP contribution in [0.4, 0.5) is 0 Å². The predicted octanol–water partition coefficient (Wildman–Crippen LogP) is 5.69. The molecule has 130 valence electrons. The van der Waals surface area contributed by atoms with Crippen LogP contribution < -0.4 is 0 Å². The SMILES string of the molecule is Cc1ncc2cc(Cc3ccc(Cl)cc3)n(Cc3ccc(Cl)cc3)c2n1. The fourth-order valence-electron chi connectivity index (χ4n) is 3.09. The molecule has 3 nitrogen and oxygen atoms in total. The third-order valence-corrected chi connectivity index (χ3v) is 4.90. The lowest BCUT2D eigenvalue weighted by atomic mass is 10.1. The van der Waals surface area contributed by atoms with Crippen molar-refractivity contribution >= 4 is 34.2 Å². The van der Waals surface area contributed by atoms with Crippen molar-refractivity contribution in [2.75, 3.05) is 0 Å². The van der Waals surface area contributed by atoms with E-state index in [0.717, 1.165) is 39.9 Å². The maximum absolute atomic E-state index is 6.02. The topological polar surface area (TPSA) is 30.7 Å². The molecule has 0 amide bonds. The van der Waals surface area contributed by atoms with Crippen LogP contribution in [0.5, 0.6) is 0 Å². The third-order valence-electron chi connectivity index (χ3n) is 4.39. The van der Waals surface area contributed by atoms with Crippen LogP contribution in [0.2, 0.25) is 10.0 Å². The second-order valence-corrected chi connectivity index (χ2v) is 7.22. The summed E-state index contributed by atoms with van der Waals surface area (Å²) in [5, 5.41) is 2.54. The fourth-order valence-corrected chi connectivity index (χ4v) is 3.34. The minimum atomic E-state index is 0.736. The summed E-state index contributed by atoms with van der Waals surface area (Å²) in [5.74, 6) is 0.769. The molecular formula is C21H17Cl2N3. The molecule has 4 rings (SSSR count). The first kappa shape index (κ1) is 17.1. The Bertz CT molecular complexity index is 1050. The van der Waals surface area contributed by atoms with Crippen molar-refractivity contribution in [2.45, 2.75) is 19.9 Å². The molecule has 0 spiro atoms. The molecular weight excluding hydrogens is 365 g/mol. The van der Waals surface area contributed by atoms with E-state index in [1.54, 1.807) is 0 Å². The first-order chi connectivity index (χ1) is 12.6. The molecule has 0 saturated carbocycles. The lowest BCUT2D eigenvalue weighted by Gasteiger charge is -2.11. The zero-order valence-electron chi connectivity index (χ0n) is 14.3. The highest BCUT2D eigenvalue weighted by molar-refractivity contribution is 6.30. The van der Waals surface area contributed by atoms with Crippen molar-refractivity contribution in [3.8, 4) is 0 Å². The van der Waals surface area contributed by atoms with Gasteiger partial charge in [-0.1, -0.05) is 47.5 Å². The molecule has 0 N–H and O–H groups in total. The van der Waals surface area contributed by atoms with Crippen LogP contribution in [-0.2, 0) is 13.0 Å². The van der Waals surface area contributed by atoms with Crippen LogP contribution in [-0.4, -0.2) is 14.5 Å². The van der Waals surface area contributed by atoms with Gasteiger partial charge in [-0.3, -0.25) is 0 Å². The maximum atomic E-state index is 6.02. The van der Waals surface area contributed by atoms with E-state index in [-0.39, 0.29) is 0 Å². The molecule has 0 unspecified atom stereocenters. The van der Waals surface area contributed by atoms with Gasteiger partial charge in [0.2, 0.25) is 0 Å². The molecule has 0 fully saturated rings. The Hall–Kier alpha value is -2.36. The number of benzene rings is 2. The Morgan fingerprint density at radius 3 is 2.15 bits per heavy atom. The summed E-state index contributed by atoms with van der Waals surface area (Å²) in [6, 6.07) is 18.1. The van der Waals surface area contributed by atoms with Crippen LogP contribution >= 0.6 is 23.2 Å². The zero-order chi connectivity index (χ0) is 18.1. The second-order valence-electron chi connectivity index (χ2n) is 6.35. The Morgan fingerprint density at radius 2 is 1.50 bits per heavy atom. The van der Waals surface area contributed by atoms with Crippen molar-refractivity contribution in [3.05, 3.63) is 93.5 Å². The summed E-state index contributed by atoms with van der Waals surface area (Å²) < 4.78 is 2.25. The molecule has 0 saturated heterocycles. The van der Waals surface area contributed by atoms with Gasteiger partial charge in [-0.05, 0) is 48.4 Å². The van der Waals surface area contributed by atoms with Crippen molar-refractivity contribution in [1.29, 1.82) is 0 Å². The first-order valence-corrected chi connectivity index (χ1v) is 9.15. The van der Waals surface area contributed by atoms with Crippen LogP contribution in [0.1, 0.15) is 22.6 Å². The molecule has 0 atom stereocenters. The van der Waals surface area contributed by atoms with E-state index >= 15 is 0 Å². The van der Waals surface area contributed by atoms with Gasteiger partial charge in [-0.15, -0.1) is 0 Å². The lowest BCUT2D eigenvalue weighted by molar-refractivity contribution is 0.772. The van der Waals surface area contributed by atoms with Gasteiger partial charge in [-0.25, -0.2) is 9.97 Å². The Kier molecular flexibility index (Phi) is 4.66. The van der Waals surface area contributed by atoms with E-state index in [9.17, 15) is 0 Å². The monoisotopic (exact) mass is 381 g/mol. The quantitative estimate of drug-likeness (QED) is 0.454. The highest BCUT2D eigenvalue weighted by atomic mass is 35.5. The van der Waals surface area contributed by atoms with E-state index in [1.807, 2.05) is 49.5 Å². The van der Waals surface area contributed by atoms with Crippen molar-refractivity contribution < 1.29 is 0 Å². The van der Waals surface area contributed by atoms with Gasteiger partial charge in [0.05, 0.1) is 0 Å². The fraction of sp³-hybridized carbons (Fsp3) is 0.143. The summed E-state index contributed by atoms with van der Waals surface area (Å²) in [6.07, 6.45) is 2.70. The summed E-state index contributed by atoms with van der Waals surface area (Å²) in [5.41, 5.74) is 4.54. The van der Waals surface area contributed by atoms with Crippen molar-refractivity contribution in [1.82, 2.24) is 14.5 Å². The number of aromatic nitrogens is 3. The van der Waals surface area contributed by atoms with Crippen LogP contribution in [0.3, 0.4) is 0 Å². The smallest absolute Gasteiger partial charge is 0.144 e. The number of hydrogen-bond donors (Lipinski definition) is 0. The summed E-state index contributed by atoms with van der Waals surface area (Å²) in [7, 11) is 0. The minimum Gasteiger partial charge on any atom is -0.325 e. The molecule has 4 aromatic rings. The Balaban J connectivity index is 1.77. The summed E-state index contributed by atoms with van der Waals surface area (Å²) in [4.78, 5) is 9.01. The van der Waals surface area contributed by atoms with Gasteiger partial charge >= 0.3 is 0 Å². The van der Waals surface area contributed by atoms with Gasteiger partial charge < -0.3 is 4.57 Å². The van der Waals surface area contributed by atoms with Gasteiger partial charge in [-0.2, -0.15) is 0 Å². The zero-order valence-corrected chi connectivity index (χ0v) is 15.8. The van der Waals surface area contributed by atoms with E-state index in [0.29, 0.717) is 0 Å². The third kappa shape index (κ3) is 3.59. The standard InChI is InChI=1S/C21H17Cl2N3/c1-14-24-12-17-11-20(10-15-2-6-18(22)7-3-15)26(21(17)25-14)13-16-4-8-19(23)9-5-16/h2-9,11-12H,10,13H2,1H3. The average molecular weight is 382 g/mol. The number of halogens is 2. The minimum absolute atomic E-state index is 0.736. The Labute approximate surface area is 162 Å². The Morgan fingerprint density at radius 1 is 0.885 bits per heavy atom. The number of fused-ring (bicyclic) bond motifs is 1. The van der Waals surface area contributed by atoms with Crippen molar-refractivity contribution in [2.24, 2.45) is 0 Å². The van der Waals surface area contributed by atoms with Gasteiger partial charge in [0.15, 0.2) is 0 Å². The van der Waals surface area contributed by atoms with Crippen LogP contribution in [0.25, 0.3) is 11.0 Å². The summed E-state index contributed by atoms with van der Waals surface area (Å²) in [6.45, 7) is 2.65. The first-order valence-electron chi connectivity index (χ1n) is 8.39. The van der Waals surface area contributed by atoms with E-state index in [2.05, 4.69) is 32.7 Å². The molecule has 0 bridgehead atoms. The summed E-state index contributed by atoms with van der Waals surface area (Å²) >= 11 is 12.0. The lowest BCUT2D eigenvalue weighted by Crippen LogP contribution is -2.06. The van der Waals surface area contributed by atoms with Crippen LogP contribution in [0.15, 0.2) is 60.8 Å². The number of rotatable bonds is 4. The molecule has 5 heteroatoms. The highest BCUT2D eigenvalue weighted by Gasteiger charge is 2.12. The number of nitrogens with zero attached hydrogens (tertiary/aromatic N) is 3. The van der Waals surface area contributed by atoms with Gasteiger partial charge in [0.25, 0.3) is 0 Å². The molecule has 26 heavy (non-hydrogen) atoms. The van der Waals surface area contributed by atoms with Crippen molar-refractivity contribution in [3.63, 3.8) is 0 Å². The van der Waals surface area contributed by atoms with Gasteiger partial charge in [0.1, 0.15) is 11.5 Å². The molecule has 0 aliphatic carbocycles. The molecule has 2 heterocycles. The largest absolute Gasteiger partial charge is 0.325 e. The molecule has 2 aromatic carbocycles. The molecule has 2 aromatic heterocycles. The van der Waals surface area contributed by atoms with E-state index < -0.39 is 0 Å². The highest BCUT2D eigenvalue weighted by Crippen LogP contribution is 2.23.